The highest BCUT2D eigenvalue weighted by atomic mass is 32.2. The summed E-state index contributed by atoms with van der Waals surface area (Å²) in [4.78, 5) is 0.0269. The molecule has 1 unspecified atom stereocenters. The second-order valence-electron chi connectivity index (χ2n) is 4.47. The van der Waals surface area contributed by atoms with Crippen molar-refractivity contribution in [3.05, 3.63) is 30.1 Å². The van der Waals surface area contributed by atoms with Gasteiger partial charge >= 0.3 is 0 Å². The molecule has 1 N–H and O–H groups in total. The van der Waals surface area contributed by atoms with Crippen LogP contribution >= 0.6 is 0 Å². The molecule has 0 saturated carbocycles. The van der Waals surface area contributed by atoms with Crippen LogP contribution in [0.2, 0.25) is 0 Å². The first-order chi connectivity index (χ1) is 8.97. The van der Waals surface area contributed by atoms with E-state index in [1.807, 2.05) is 0 Å². The van der Waals surface area contributed by atoms with Gasteiger partial charge < -0.3 is 9.47 Å². The molecule has 7 heteroatoms. The zero-order valence-corrected chi connectivity index (χ0v) is 11.4. The van der Waals surface area contributed by atoms with E-state index in [9.17, 15) is 12.8 Å². The summed E-state index contributed by atoms with van der Waals surface area (Å²) in [5.74, 6) is -0.475. The van der Waals surface area contributed by atoms with E-state index in [0.29, 0.717) is 19.6 Å². The molecule has 1 aliphatic heterocycles. The van der Waals surface area contributed by atoms with E-state index < -0.39 is 21.4 Å². The van der Waals surface area contributed by atoms with Crippen LogP contribution in [-0.4, -0.2) is 40.9 Å². The molecular weight excluding hydrogens is 273 g/mol. The number of benzene rings is 1. The van der Waals surface area contributed by atoms with Crippen molar-refractivity contribution < 1.29 is 22.3 Å². The number of rotatable bonds is 5. The van der Waals surface area contributed by atoms with Gasteiger partial charge in [-0.15, -0.1) is 0 Å². The monoisotopic (exact) mass is 289 g/mol. The first-order valence-corrected chi connectivity index (χ1v) is 7.34. The Balaban J connectivity index is 2.07. The second kappa shape index (κ2) is 5.54. The molecule has 1 heterocycles. The molecule has 0 aromatic heterocycles. The van der Waals surface area contributed by atoms with Crippen LogP contribution < -0.4 is 4.72 Å². The van der Waals surface area contributed by atoms with Crippen LogP contribution in [0.5, 0.6) is 0 Å². The Bertz CT molecular complexity index is 523. The molecule has 1 aromatic rings. The van der Waals surface area contributed by atoms with Crippen LogP contribution in [0.1, 0.15) is 6.42 Å². The predicted octanol–water partition coefficient (Wildman–Crippen LogP) is 0.910. The molecule has 106 valence electrons. The van der Waals surface area contributed by atoms with Crippen molar-refractivity contribution in [1.29, 1.82) is 0 Å². The van der Waals surface area contributed by atoms with E-state index in [2.05, 4.69) is 4.72 Å². The van der Waals surface area contributed by atoms with Gasteiger partial charge in [-0.05, 0) is 24.3 Å². The highest BCUT2D eigenvalue weighted by molar-refractivity contribution is 7.89. The van der Waals surface area contributed by atoms with E-state index in [-0.39, 0.29) is 11.4 Å². The number of nitrogens with one attached hydrogen (secondary N) is 1. The Kier molecular flexibility index (Phi) is 4.19. The summed E-state index contributed by atoms with van der Waals surface area (Å²) in [7, 11) is -2.14. The molecule has 0 bridgehead atoms. The Labute approximate surface area is 111 Å². The van der Waals surface area contributed by atoms with Crippen LogP contribution in [-0.2, 0) is 19.5 Å². The van der Waals surface area contributed by atoms with E-state index in [4.69, 9.17) is 9.47 Å². The molecule has 1 aliphatic rings. The van der Waals surface area contributed by atoms with Gasteiger partial charge in [0.15, 0.2) is 0 Å². The standard InChI is InChI=1S/C12H16FNO4S/c1-17-12(6-7-18-9-12)8-14-19(15,16)11-4-2-10(13)3-5-11/h2-5,14H,6-9H2,1H3. The van der Waals surface area contributed by atoms with Crippen molar-refractivity contribution in [3.63, 3.8) is 0 Å². The largest absolute Gasteiger partial charge is 0.378 e. The summed E-state index contributed by atoms with van der Waals surface area (Å²) in [6.07, 6.45) is 0.634. The SMILES string of the molecule is COC1(CNS(=O)(=O)c2ccc(F)cc2)CCOC1. The molecule has 1 aromatic carbocycles. The van der Waals surface area contributed by atoms with Gasteiger partial charge in [-0.3, -0.25) is 0 Å². The van der Waals surface area contributed by atoms with Crippen molar-refractivity contribution in [2.75, 3.05) is 26.9 Å². The van der Waals surface area contributed by atoms with Gasteiger partial charge in [-0.25, -0.2) is 17.5 Å². The minimum atomic E-state index is -3.66. The molecule has 0 spiro atoms. The molecule has 1 fully saturated rings. The van der Waals surface area contributed by atoms with Crippen LogP contribution in [0.25, 0.3) is 0 Å². The third-order valence-electron chi connectivity index (χ3n) is 3.21. The van der Waals surface area contributed by atoms with Gasteiger partial charge in [0.05, 0.1) is 11.5 Å². The Morgan fingerprint density at radius 1 is 1.42 bits per heavy atom. The molecule has 1 atom stereocenters. The van der Waals surface area contributed by atoms with Crippen molar-refractivity contribution in [2.45, 2.75) is 16.9 Å². The van der Waals surface area contributed by atoms with Crippen LogP contribution in [0, 0.1) is 5.82 Å². The lowest BCUT2D eigenvalue weighted by molar-refractivity contribution is -0.0120. The van der Waals surface area contributed by atoms with Crippen molar-refractivity contribution in [2.24, 2.45) is 0 Å². The van der Waals surface area contributed by atoms with Crippen molar-refractivity contribution in [1.82, 2.24) is 4.72 Å². The summed E-state index contributed by atoms with van der Waals surface area (Å²) in [6.45, 7) is 1.03. The fraction of sp³-hybridized carbons (Fsp3) is 0.500. The molecule has 0 aliphatic carbocycles. The fourth-order valence-corrected chi connectivity index (χ4v) is 3.00. The summed E-state index contributed by atoms with van der Waals surface area (Å²) >= 11 is 0. The average molecular weight is 289 g/mol. The van der Waals surface area contributed by atoms with E-state index in [0.717, 1.165) is 12.1 Å². The summed E-state index contributed by atoms with van der Waals surface area (Å²) in [5, 5.41) is 0. The fourth-order valence-electron chi connectivity index (χ4n) is 1.88. The minimum absolute atomic E-state index is 0.0269. The van der Waals surface area contributed by atoms with E-state index in [1.165, 1.54) is 19.2 Å². The molecule has 19 heavy (non-hydrogen) atoms. The lowest BCUT2D eigenvalue weighted by Gasteiger charge is -2.25. The van der Waals surface area contributed by atoms with E-state index in [1.54, 1.807) is 0 Å². The smallest absolute Gasteiger partial charge is 0.240 e. The third kappa shape index (κ3) is 3.30. The zero-order chi connectivity index (χ0) is 13.9. The first-order valence-electron chi connectivity index (χ1n) is 5.86. The van der Waals surface area contributed by atoms with Gasteiger partial charge in [0.2, 0.25) is 10.0 Å². The Hall–Kier alpha value is -1.02. The molecule has 2 rings (SSSR count). The molecule has 0 amide bonds. The highest BCUT2D eigenvalue weighted by Crippen LogP contribution is 2.22. The first kappa shape index (κ1) is 14.4. The van der Waals surface area contributed by atoms with Gasteiger partial charge in [-0.2, -0.15) is 0 Å². The Morgan fingerprint density at radius 3 is 2.63 bits per heavy atom. The Morgan fingerprint density at radius 2 is 2.11 bits per heavy atom. The maximum atomic E-state index is 12.8. The van der Waals surface area contributed by atoms with Gasteiger partial charge in [0.25, 0.3) is 0 Å². The van der Waals surface area contributed by atoms with Gasteiger partial charge in [0, 0.05) is 26.7 Å². The van der Waals surface area contributed by atoms with Crippen molar-refractivity contribution in [3.8, 4) is 0 Å². The number of hydrogen-bond donors (Lipinski definition) is 1. The average Bonchev–Trinajstić information content (AvgIpc) is 2.87. The van der Waals surface area contributed by atoms with Crippen LogP contribution in [0.3, 0.4) is 0 Å². The predicted molar refractivity (Wildman–Crippen MR) is 66.8 cm³/mol. The van der Waals surface area contributed by atoms with Crippen molar-refractivity contribution >= 4 is 10.0 Å². The lowest BCUT2D eigenvalue weighted by atomic mass is 10.0. The van der Waals surface area contributed by atoms with Gasteiger partial charge in [0.1, 0.15) is 11.4 Å². The molecule has 1 saturated heterocycles. The van der Waals surface area contributed by atoms with Crippen LogP contribution in [0.15, 0.2) is 29.2 Å². The number of hydrogen-bond acceptors (Lipinski definition) is 4. The van der Waals surface area contributed by atoms with Crippen LogP contribution in [0.4, 0.5) is 4.39 Å². The summed E-state index contributed by atoms with van der Waals surface area (Å²) in [6, 6.07) is 4.67. The highest BCUT2D eigenvalue weighted by Gasteiger charge is 2.36. The number of halogens is 1. The maximum Gasteiger partial charge on any atom is 0.240 e. The third-order valence-corrected chi connectivity index (χ3v) is 4.63. The topological polar surface area (TPSA) is 64.6 Å². The van der Waals surface area contributed by atoms with Gasteiger partial charge in [-0.1, -0.05) is 0 Å². The second-order valence-corrected chi connectivity index (χ2v) is 6.24. The molecule has 5 nitrogen and oxygen atoms in total. The normalized spacial score (nSPS) is 23.7. The molecular formula is C12H16FNO4S. The summed E-state index contributed by atoms with van der Waals surface area (Å²) < 4.78 is 49.9. The van der Waals surface area contributed by atoms with E-state index >= 15 is 0 Å². The number of sulfonamides is 1. The maximum absolute atomic E-state index is 12.8. The quantitative estimate of drug-likeness (QED) is 0.875. The summed E-state index contributed by atoms with van der Waals surface area (Å²) in [5.41, 5.74) is -0.618. The number of methoxy groups -OCH3 is 1. The zero-order valence-electron chi connectivity index (χ0n) is 10.6. The minimum Gasteiger partial charge on any atom is -0.378 e. The number of ether oxygens (including phenoxy) is 2. The lowest BCUT2D eigenvalue weighted by Crippen LogP contribution is -2.44. The molecule has 0 radical (unpaired) electrons.